The van der Waals surface area contributed by atoms with Crippen LogP contribution in [0.1, 0.15) is 18.1 Å². The summed E-state index contributed by atoms with van der Waals surface area (Å²) in [6, 6.07) is 8.29. The molecule has 2 rings (SSSR count). The highest BCUT2D eigenvalue weighted by Crippen LogP contribution is 2.31. The molecular weight excluding hydrogens is 376 g/mol. The van der Waals surface area contributed by atoms with E-state index in [0.29, 0.717) is 17.0 Å². The number of nitrogens with one attached hydrogen (secondary N) is 1. The monoisotopic (exact) mass is 388 g/mol. The summed E-state index contributed by atoms with van der Waals surface area (Å²) in [5.41, 5.74) is 2.34. The van der Waals surface area contributed by atoms with Crippen LogP contribution in [0.3, 0.4) is 0 Å². The first-order valence-corrected chi connectivity index (χ1v) is 9.00. The quantitative estimate of drug-likeness (QED) is 0.474. The largest absolute Gasteiger partial charge is 0.411 e. The lowest BCUT2D eigenvalue weighted by Gasteiger charge is -2.07. The first-order valence-electron chi connectivity index (χ1n) is 5.91. The number of oxime groups is 1. The molecule has 0 bridgehead atoms. The van der Waals surface area contributed by atoms with Crippen LogP contribution < -0.4 is 4.72 Å². The maximum Gasteiger partial charge on any atom is 0.271 e. The van der Waals surface area contributed by atoms with Crippen LogP contribution >= 0.6 is 27.3 Å². The number of nitrogens with zero attached hydrogens (tertiary/aromatic N) is 1. The Balaban J connectivity index is 2.33. The maximum atomic E-state index is 12.3. The van der Waals surface area contributed by atoms with Crippen LogP contribution in [0.5, 0.6) is 0 Å². The highest BCUT2D eigenvalue weighted by molar-refractivity contribution is 9.11. The molecule has 0 unspecified atom stereocenters. The molecule has 0 saturated heterocycles. The number of hydrogen-bond donors (Lipinski definition) is 2. The number of benzene rings is 1. The van der Waals surface area contributed by atoms with Crippen LogP contribution in [0.15, 0.2) is 43.5 Å². The minimum atomic E-state index is -3.63. The molecule has 5 nitrogen and oxygen atoms in total. The Morgan fingerprint density at radius 2 is 2.10 bits per heavy atom. The highest BCUT2D eigenvalue weighted by atomic mass is 79.9. The molecule has 0 atom stereocenters. The van der Waals surface area contributed by atoms with E-state index in [1.165, 1.54) is 0 Å². The lowest BCUT2D eigenvalue weighted by Crippen LogP contribution is -2.11. The summed E-state index contributed by atoms with van der Waals surface area (Å²) in [6.07, 6.45) is 0. The molecule has 0 amide bonds. The van der Waals surface area contributed by atoms with E-state index >= 15 is 0 Å². The zero-order valence-corrected chi connectivity index (χ0v) is 14.5. The Labute approximate surface area is 135 Å². The fourth-order valence-electron chi connectivity index (χ4n) is 1.64. The molecule has 2 N–H and O–H groups in total. The third-order valence-electron chi connectivity index (χ3n) is 2.78. The Morgan fingerprint density at radius 3 is 2.67 bits per heavy atom. The van der Waals surface area contributed by atoms with Crippen molar-refractivity contribution in [3.63, 3.8) is 0 Å². The van der Waals surface area contributed by atoms with Gasteiger partial charge in [0.05, 0.1) is 9.50 Å². The Kier molecular flexibility index (Phi) is 4.70. The Hall–Kier alpha value is -1.38. The minimum absolute atomic E-state index is 0.241. The second-order valence-corrected chi connectivity index (χ2v) is 8.67. The van der Waals surface area contributed by atoms with Gasteiger partial charge in [-0.15, -0.1) is 11.3 Å². The van der Waals surface area contributed by atoms with Gasteiger partial charge < -0.3 is 5.21 Å². The van der Waals surface area contributed by atoms with Gasteiger partial charge in [0.15, 0.2) is 0 Å². The van der Waals surface area contributed by atoms with Crippen molar-refractivity contribution in [1.29, 1.82) is 0 Å². The van der Waals surface area contributed by atoms with Gasteiger partial charge in [-0.1, -0.05) is 17.3 Å². The fourth-order valence-corrected chi connectivity index (χ4v) is 4.91. The van der Waals surface area contributed by atoms with Crippen molar-refractivity contribution < 1.29 is 13.6 Å². The van der Waals surface area contributed by atoms with Gasteiger partial charge >= 0.3 is 0 Å². The van der Waals surface area contributed by atoms with Crippen LogP contribution in [0.4, 0.5) is 5.69 Å². The summed E-state index contributed by atoms with van der Waals surface area (Å²) in [6.45, 7) is 3.47. The zero-order chi connectivity index (χ0) is 15.6. The van der Waals surface area contributed by atoms with Gasteiger partial charge in [0, 0.05) is 11.3 Å². The molecule has 21 heavy (non-hydrogen) atoms. The van der Waals surface area contributed by atoms with Gasteiger partial charge in [-0.3, -0.25) is 4.72 Å². The first kappa shape index (κ1) is 16.0. The van der Waals surface area contributed by atoms with Crippen molar-refractivity contribution in [1.82, 2.24) is 0 Å². The van der Waals surface area contributed by atoms with Crippen molar-refractivity contribution in [2.24, 2.45) is 5.16 Å². The molecule has 8 heteroatoms. The van der Waals surface area contributed by atoms with Crippen molar-refractivity contribution in [2.45, 2.75) is 18.1 Å². The molecule has 0 spiro atoms. The molecule has 2 aromatic rings. The Morgan fingerprint density at radius 1 is 1.38 bits per heavy atom. The van der Waals surface area contributed by atoms with E-state index in [0.717, 1.165) is 20.7 Å². The van der Waals surface area contributed by atoms with Crippen molar-refractivity contribution in [3.05, 3.63) is 45.2 Å². The van der Waals surface area contributed by atoms with Crippen LogP contribution in [0, 0.1) is 6.92 Å². The predicted octanol–water partition coefficient (Wildman–Crippen LogP) is 3.82. The molecule has 1 aromatic heterocycles. The van der Waals surface area contributed by atoms with Gasteiger partial charge in [0.1, 0.15) is 4.21 Å². The molecule has 0 aliphatic rings. The van der Waals surface area contributed by atoms with E-state index in [9.17, 15) is 8.42 Å². The van der Waals surface area contributed by atoms with Gasteiger partial charge in [-0.25, -0.2) is 8.42 Å². The van der Waals surface area contributed by atoms with E-state index in [1.54, 1.807) is 37.3 Å². The van der Waals surface area contributed by atoms with E-state index in [2.05, 4.69) is 25.8 Å². The lowest BCUT2D eigenvalue weighted by molar-refractivity contribution is 0.319. The first-order chi connectivity index (χ1) is 9.83. The van der Waals surface area contributed by atoms with Gasteiger partial charge in [-0.05, 0) is 53.5 Å². The number of anilines is 1. The number of hydrogen-bond acceptors (Lipinski definition) is 5. The van der Waals surface area contributed by atoms with Gasteiger partial charge in [-0.2, -0.15) is 0 Å². The average Bonchev–Trinajstić information content (AvgIpc) is 2.78. The average molecular weight is 389 g/mol. The lowest BCUT2D eigenvalue weighted by atomic mass is 10.1. The van der Waals surface area contributed by atoms with Crippen LogP contribution in [0.2, 0.25) is 0 Å². The number of thiophene rings is 1. The third-order valence-corrected chi connectivity index (χ3v) is 6.77. The zero-order valence-electron chi connectivity index (χ0n) is 11.3. The highest BCUT2D eigenvalue weighted by Gasteiger charge is 2.18. The van der Waals surface area contributed by atoms with E-state index in [1.807, 2.05) is 6.92 Å². The SMILES string of the molecule is C/C(=N/O)c1cccc(NS(=O)(=O)c2cc(C)c(Br)s2)c1. The molecule has 0 aliphatic heterocycles. The van der Waals surface area contributed by atoms with Crippen LogP contribution in [0.25, 0.3) is 0 Å². The smallest absolute Gasteiger partial charge is 0.271 e. The number of aryl methyl sites for hydroxylation is 1. The molecule has 0 saturated carbocycles. The fraction of sp³-hybridized carbons (Fsp3) is 0.154. The summed E-state index contributed by atoms with van der Waals surface area (Å²) in [4.78, 5) is 0. The van der Waals surface area contributed by atoms with Crippen LogP contribution in [-0.4, -0.2) is 19.3 Å². The summed E-state index contributed by atoms with van der Waals surface area (Å²) < 4.78 is 28.2. The summed E-state index contributed by atoms with van der Waals surface area (Å²) in [5.74, 6) is 0. The topological polar surface area (TPSA) is 78.8 Å². The predicted molar refractivity (Wildman–Crippen MR) is 88.0 cm³/mol. The van der Waals surface area contributed by atoms with Crippen molar-refractivity contribution in [2.75, 3.05) is 4.72 Å². The van der Waals surface area contributed by atoms with Crippen LogP contribution in [-0.2, 0) is 10.0 Å². The van der Waals surface area contributed by atoms with E-state index in [4.69, 9.17) is 5.21 Å². The second-order valence-electron chi connectivity index (χ2n) is 4.39. The third kappa shape index (κ3) is 3.63. The molecule has 0 aliphatic carbocycles. The number of rotatable bonds is 4. The van der Waals surface area contributed by atoms with Gasteiger partial charge in [0.25, 0.3) is 10.0 Å². The maximum absolute atomic E-state index is 12.3. The molecule has 0 radical (unpaired) electrons. The standard InChI is InChI=1S/C13H13BrN2O3S2/c1-8-6-12(20-13(8)14)21(18,19)16-11-5-3-4-10(7-11)9(2)15-17/h3-7,16-17H,1-2H3/b15-9-. The number of halogens is 1. The van der Waals surface area contributed by atoms with Crippen molar-refractivity contribution >= 4 is 48.7 Å². The second kappa shape index (κ2) is 6.17. The Bertz CT molecular complexity index is 778. The summed E-state index contributed by atoms with van der Waals surface area (Å²) in [5, 5.41) is 11.9. The van der Waals surface area contributed by atoms with Gasteiger partial charge in [0.2, 0.25) is 0 Å². The van der Waals surface area contributed by atoms with E-state index in [-0.39, 0.29) is 4.21 Å². The molecule has 112 valence electrons. The molecule has 1 heterocycles. The normalized spacial score (nSPS) is 12.4. The summed E-state index contributed by atoms with van der Waals surface area (Å²) >= 11 is 4.47. The van der Waals surface area contributed by atoms with Crippen molar-refractivity contribution in [3.8, 4) is 0 Å². The van der Waals surface area contributed by atoms with E-state index < -0.39 is 10.0 Å². The molecular formula is C13H13BrN2O3S2. The minimum Gasteiger partial charge on any atom is -0.411 e. The molecule has 1 aromatic carbocycles. The summed E-state index contributed by atoms with van der Waals surface area (Å²) in [7, 11) is -3.63. The molecule has 0 fully saturated rings. The number of sulfonamides is 1.